The summed E-state index contributed by atoms with van der Waals surface area (Å²) in [6.45, 7) is 1.50. The number of amides is 2. The molecule has 0 aromatic heterocycles. The maximum absolute atomic E-state index is 11.3. The topological polar surface area (TPSA) is 98.7 Å². The third-order valence-corrected chi connectivity index (χ3v) is 1.87. The van der Waals surface area contributed by atoms with Gasteiger partial charge in [-0.05, 0) is 19.1 Å². The van der Waals surface area contributed by atoms with Crippen molar-refractivity contribution >= 4 is 17.5 Å². The highest BCUT2D eigenvalue weighted by molar-refractivity contribution is 6.39. The van der Waals surface area contributed by atoms with Gasteiger partial charge in [0.15, 0.2) is 0 Å². The molecule has 1 aromatic rings. The van der Waals surface area contributed by atoms with E-state index in [1.807, 2.05) is 0 Å². The first kappa shape index (κ1) is 13.0. The van der Waals surface area contributed by atoms with Gasteiger partial charge in [0.2, 0.25) is 0 Å². The molecule has 0 fully saturated rings. The summed E-state index contributed by atoms with van der Waals surface area (Å²) in [5.41, 5.74) is 0.321. The van der Waals surface area contributed by atoms with Gasteiger partial charge in [0.25, 0.3) is 0 Å². The Morgan fingerprint density at radius 3 is 2.65 bits per heavy atom. The second-order valence-electron chi connectivity index (χ2n) is 3.56. The van der Waals surface area contributed by atoms with E-state index in [-0.39, 0.29) is 12.3 Å². The van der Waals surface area contributed by atoms with Crippen molar-refractivity contribution in [3.8, 4) is 5.75 Å². The number of nitrogens with one attached hydrogen (secondary N) is 2. The Bertz CT molecular complexity index is 418. The van der Waals surface area contributed by atoms with Crippen molar-refractivity contribution in [3.63, 3.8) is 0 Å². The molecule has 1 rings (SSSR count). The maximum atomic E-state index is 11.3. The maximum Gasteiger partial charge on any atom is 0.313 e. The highest BCUT2D eigenvalue weighted by atomic mass is 16.3. The fourth-order valence-corrected chi connectivity index (χ4v) is 1.09. The SMILES string of the molecule is C[C@H](O)CNC(=O)C(=O)Nc1cccc(O)c1. The van der Waals surface area contributed by atoms with Crippen LogP contribution in [0.5, 0.6) is 5.75 Å². The summed E-state index contributed by atoms with van der Waals surface area (Å²) in [5, 5.41) is 22.7. The molecule has 1 atom stereocenters. The number of carbonyl (C=O) groups is 2. The molecule has 92 valence electrons. The number of phenolic OH excluding ortho intramolecular Hbond substituents is 1. The Balaban J connectivity index is 2.51. The largest absolute Gasteiger partial charge is 0.508 e. The molecule has 0 saturated heterocycles. The number of hydrogen-bond donors (Lipinski definition) is 4. The molecule has 0 unspecified atom stereocenters. The van der Waals surface area contributed by atoms with Crippen LogP contribution in [0.15, 0.2) is 24.3 Å². The number of aliphatic hydroxyl groups excluding tert-OH is 1. The average molecular weight is 238 g/mol. The molecular formula is C11H14N2O4. The minimum Gasteiger partial charge on any atom is -0.508 e. The quantitative estimate of drug-likeness (QED) is 0.549. The molecule has 1 aromatic carbocycles. The zero-order valence-corrected chi connectivity index (χ0v) is 9.30. The van der Waals surface area contributed by atoms with Crippen LogP contribution in [-0.4, -0.2) is 34.7 Å². The molecule has 0 aliphatic rings. The first-order valence-corrected chi connectivity index (χ1v) is 5.05. The van der Waals surface area contributed by atoms with E-state index in [0.717, 1.165) is 0 Å². The number of hydrogen-bond acceptors (Lipinski definition) is 4. The van der Waals surface area contributed by atoms with Crippen molar-refractivity contribution in [1.82, 2.24) is 5.32 Å². The molecule has 0 heterocycles. The van der Waals surface area contributed by atoms with E-state index in [0.29, 0.717) is 5.69 Å². The normalized spacial score (nSPS) is 11.6. The van der Waals surface area contributed by atoms with Crippen LogP contribution in [0.4, 0.5) is 5.69 Å². The molecule has 6 heteroatoms. The van der Waals surface area contributed by atoms with Gasteiger partial charge in [-0.15, -0.1) is 0 Å². The molecule has 0 radical (unpaired) electrons. The molecule has 0 saturated carbocycles. The van der Waals surface area contributed by atoms with Crippen LogP contribution in [0.25, 0.3) is 0 Å². The van der Waals surface area contributed by atoms with Gasteiger partial charge in [0.05, 0.1) is 6.10 Å². The van der Waals surface area contributed by atoms with Crippen molar-refractivity contribution in [2.24, 2.45) is 0 Å². The molecular weight excluding hydrogens is 224 g/mol. The number of carbonyl (C=O) groups excluding carboxylic acids is 2. The third kappa shape index (κ3) is 4.52. The fraction of sp³-hybridized carbons (Fsp3) is 0.273. The van der Waals surface area contributed by atoms with E-state index < -0.39 is 17.9 Å². The minimum atomic E-state index is -0.851. The number of aromatic hydroxyl groups is 1. The lowest BCUT2D eigenvalue weighted by Crippen LogP contribution is -2.38. The van der Waals surface area contributed by atoms with E-state index in [1.54, 1.807) is 12.1 Å². The third-order valence-electron chi connectivity index (χ3n) is 1.87. The lowest BCUT2D eigenvalue weighted by atomic mass is 10.3. The number of benzene rings is 1. The smallest absolute Gasteiger partial charge is 0.313 e. The molecule has 17 heavy (non-hydrogen) atoms. The van der Waals surface area contributed by atoms with E-state index in [2.05, 4.69) is 10.6 Å². The van der Waals surface area contributed by atoms with Gasteiger partial charge in [0.1, 0.15) is 5.75 Å². The predicted molar refractivity (Wildman–Crippen MR) is 61.4 cm³/mol. The van der Waals surface area contributed by atoms with E-state index in [1.165, 1.54) is 19.1 Å². The first-order valence-electron chi connectivity index (χ1n) is 5.05. The van der Waals surface area contributed by atoms with Crippen molar-refractivity contribution < 1.29 is 19.8 Å². The molecule has 2 amide bonds. The molecule has 0 spiro atoms. The van der Waals surface area contributed by atoms with Gasteiger partial charge >= 0.3 is 11.8 Å². The van der Waals surface area contributed by atoms with Gasteiger partial charge in [-0.1, -0.05) is 6.07 Å². The summed E-state index contributed by atoms with van der Waals surface area (Å²) >= 11 is 0. The van der Waals surface area contributed by atoms with Crippen LogP contribution in [-0.2, 0) is 9.59 Å². The second kappa shape index (κ2) is 5.86. The summed E-state index contributed by atoms with van der Waals surface area (Å²) < 4.78 is 0. The lowest BCUT2D eigenvalue weighted by molar-refractivity contribution is -0.136. The first-order chi connectivity index (χ1) is 7.99. The van der Waals surface area contributed by atoms with Crippen LogP contribution < -0.4 is 10.6 Å². The van der Waals surface area contributed by atoms with Gasteiger partial charge in [-0.25, -0.2) is 0 Å². The Labute approximate surface area is 98.3 Å². The van der Waals surface area contributed by atoms with E-state index in [4.69, 9.17) is 10.2 Å². The van der Waals surface area contributed by atoms with Crippen LogP contribution in [0.2, 0.25) is 0 Å². The average Bonchev–Trinajstić information content (AvgIpc) is 2.25. The Morgan fingerprint density at radius 1 is 1.35 bits per heavy atom. The summed E-state index contributed by atoms with van der Waals surface area (Å²) in [6.07, 6.45) is -0.715. The predicted octanol–water partition coefficient (Wildman–Crippen LogP) is -0.172. The number of phenols is 1. The number of anilines is 1. The molecule has 6 nitrogen and oxygen atoms in total. The molecule has 4 N–H and O–H groups in total. The monoisotopic (exact) mass is 238 g/mol. The van der Waals surface area contributed by atoms with Gasteiger partial charge in [-0.3, -0.25) is 9.59 Å². The van der Waals surface area contributed by atoms with E-state index in [9.17, 15) is 9.59 Å². The number of aliphatic hydroxyl groups is 1. The minimum absolute atomic E-state index is 0.00624. The highest BCUT2D eigenvalue weighted by Crippen LogP contribution is 2.14. The zero-order chi connectivity index (χ0) is 12.8. The van der Waals surface area contributed by atoms with Crippen molar-refractivity contribution in [3.05, 3.63) is 24.3 Å². The van der Waals surface area contributed by atoms with Crippen molar-refractivity contribution in [2.45, 2.75) is 13.0 Å². The Kier molecular flexibility index (Phi) is 4.47. The molecule has 0 aliphatic heterocycles. The zero-order valence-electron chi connectivity index (χ0n) is 9.30. The Morgan fingerprint density at radius 2 is 2.06 bits per heavy atom. The molecule has 0 aliphatic carbocycles. The van der Waals surface area contributed by atoms with Crippen LogP contribution in [0, 0.1) is 0 Å². The summed E-state index contributed by atoms with van der Waals surface area (Å²) in [5.74, 6) is -1.70. The van der Waals surface area contributed by atoms with Crippen LogP contribution in [0.3, 0.4) is 0 Å². The van der Waals surface area contributed by atoms with Crippen LogP contribution >= 0.6 is 0 Å². The number of rotatable bonds is 3. The summed E-state index contributed by atoms with van der Waals surface area (Å²) in [4.78, 5) is 22.6. The highest BCUT2D eigenvalue weighted by Gasteiger charge is 2.13. The second-order valence-corrected chi connectivity index (χ2v) is 3.56. The van der Waals surface area contributed by atoms with Crippen LogP contribution in [0.1, 0.15) is 6.92 Å². The lowest BCUT2D eigenvalue weighted by Gasteiger charge is -2.07. The standard InChI is InChI=1S/C11H14N2O4/c1-7(14)6-12-10(16)11(17)13-8-3-2-4-9(15)5-8/h2-5,7,14-15H,6H2,1H3,(H,12,16)(H,13,17)/t7-/m0/s1. The fourth-order valence-electron chi connectivity index (χ4n) is 1.09. The Hall–Kier alpha value is -2.08. The van der Waals surface area contributed by atoms with Gasteiger partial charge < -0.3 is 20.8 Å². The van der Waals surface area contributed by atoms with Gasteiger partial charge in [-0.2, -0.15) is 0 Å². The van der Waals surface area contributed by atoms with Crippen molar-refractivity contribution in [1.29, 1.82) is 0 Å². The van der Waals surface area contributed by atoms with Gasteiger partial charge in [0, 0.05) is 18.3 Å². The molecule has 0 bridgehead atoms. The summed E-state index contributed by atoms with van der Waals surface area (Å²) in [7, 11) is 0. The summed E-state index contributed by atoms with van der Waals surface area (Å²) in [6, 6.07) is 5.85. The van der Waals surface area contributed by atoms with E-state index >= 15 is 0 Å². The van der Waals surface area contributed by atoms with Crippen molar-refractivity contribution in [2.75, 3.05) is 11.9 Å².